The van der Waals surface area contributed by atoms with E-state index in [2.05, 4.69) is 4.98 Å². The van der Waals surface area contributed by atoms with E-state index in [1.807, 2.05) is 0 Å². The zero-order valence-electron chi connectivity index (χ0n) is 14.8. The lowest BCUT2D eigenvalue weighted by Crippen LogP contribution is -2.26. The Morgan fingerprint density at radius 3 is 2.56 bits per heavy atom. The quantitative estimate of drug-likeness (QED) is 0.798. The number of hydrogen-bond acceptors (Lipinski definition) is 4. The third-order valence-corrected chi connectivity index (χ3v) is 4.48. The Hall–Kier alpha value is -2.28. The maximum absolute atomic E-state index is 12.6. The third kappa shape index (κ3) is 5.85. The second kappa shape index (κ2) is 8.61. The fourth-order valence-electron chi connectivity index (χ4n) is 3.00. The van der Waals surface area contributed by atoms with Crippen molar-refractivity contribution < 1.29 is 27.8 Å². The lowest BCUT2D eigenvalue weighted by molar-refractivity contribution is -0.137. The van der Waals surface area contributed by atoms with Gasteiger partial charge in [-0.25, -0.2) is 4.98 Å². The van der Waals surface area contributed by atoms with Gasteiger partial charge in [-0.2, -0.15) is 13.2 Å². The van der Waals surface area contributed by atoms with E-state index in [1.54, 1.807) is 0 Å². The van der Waals surface area contributed by atoms with E-state index in [4.69, 9.17) is 9.47 Å². The third-order valence-electron chi connectivity index (χ3n) is 4.48. The first-order chi connectivity index (χ1) is 12.9. The van der Waals surface area contributed by atoms with Crippen LogP contribution in [-0.2, 0) is 23.8 Å². The lowest BCUT2D eigenvalue weighted by atomic mass is 10.1. The van der Waals surface area contributed by atoms with Crippen LogP contribution in [0.3, 0.4) is 0 Å². The summed E-state index contributed by atoms with van der Waals surface area (Å²) in [5.74, 6) is 0.374. The summed E-state index contributed by atoms with van der Waals surface area (Å²) in [6.07, 6.45) is -0.178. The zero-order chi connectivity index (χ0) is 19.3. The Morgan fingerprint density at radius 1 is 1.11 bits per heavy atom. The molecular formula is C20H22F3NO3. The van der Waals surface area contributed by atoms with Crippen molar-refractivity contribution in [1.82, 2.24) is 4.98 Å². The van der Waals surface area contributed by atoms with Crippen LogP contribution in [0.4, 0.5) is 13.2 Å². The Morgan fingerprint density at radius 2 is 1.89 bits per heavy atom. The number of halogens is 3. The Bertz CT molecular complexity index is 741. The van der Waals surface area contributed by atoms with Gasteiger partial charge in [0.25, 0.3) is 0 Å². The maximum atomic E-state index is 12.6. The molecule has 0 radical (unpaired) electrons. The SMILES string of the molecule is Oc1cc(CCc2ccc(C(F)(F)F)cc2)nc(OCC2CCCCO2)c1. The standard InChI is InChI=1S/C20H22F3NO3/c21-20(22,23)15-7-4-14(5-8-15)6-9-16-11-17(25)12-19(24-16)27-13-18-3-1-2-10-26-18/h4-5,7-8,11-12,18H,1-3,6,9-10,13H2,(H,24,25). The summed E-state index contributed by atoms with van der Waals surface area (Å²) in [7, 11) is 0. The first-order valence-corrected chi connectivity index (χ1v) is 9.00. The monoisotopic (exact) mass is 381 g/mol. The van der Waals surface area contributed by atoms with Gasteiger partial charge in [-0.15, -0.1) is 0 Å². The fraction of sp³-hybridized carbons (Fsp3) is 0.450. The minimum atomic E-state index is -4.33. The summed E-state index contributed by atoms with van der Waals surface area (Å²) >= 11 is 0. The molecule has 1 N–H and O–H groups in total. The highest BCUT2D eigenvalue weighted by atomic mass is 19.4. The van der Waals surface area contributed by atoms with E-state index in [0.29, 0.717) is 31.0 Å². The summed E-state index contributed by atoms with van der Waals surface area (Å²) in [6.45, 7) is 1.12. The number of rotatable bonds is 6. The summed E-state index contributed by atoms with van der Waals surface area (Å²) in [4.78, 5) is 4.37. The minimum Gasteiger partial charge on any atom is -0.508 e. The molecule has 0 aliphatic carbocycles. The first kappa shape index (κ1) is 19.5. The molecule has 1 aromatic heterocycles. The number of aromatic nitrogens is 1. The van der Waals surface area contributed by atoms with Gasteiger partial charge in [-0.05, 0) is 49.8 Å². The van der Waals surface area contributed by atoms with Crippen LogP contribution in [0.15, 0.2) is 36.4 Å². The molecule has 1 aromatic carbocycles. The van der Waals surface area contributed by atoms with Crippen LogP contribution in [0.25, 0.3) is 0 Å². The van der Waals surface area contributed by atoms with E-state index >= 15 is 0 Å². The summed E-state index contributed by atoms with van der Waals surface area (Å²) < 4.78 is 49.1. The number of hydrogen-bond donors (Lipinski definition) is 1. The van der Waals surface area contributed by atoms with Gasteiger partial charge in [0.1, 0.15) is 12.4 Å². The molecule has 1 aliphatic rings. The molecule has 1 saturated heterocycles. The highest BCUT2D eigenvalue weighted by Crippen LogP contribution is 2.29. The lowest BCUT2D eigenvalue weighted by Gasteiger charge is -2.22. The molecule has 27 heavy (non-hydrogen) atoms. The number of pyridine rings is 1. The van der Waals surface area contributed by atoms with Crippen molar-refractivity contribution in [3.8, 4) is 11.6 Å². The highest BCUT2D eigenvalue weighted by molar-refractivity contribution is 5.30. The van der Waals surface area contributed by atoms with Gasteiger partial charge in [0, 0.05) is 24.4 Å². The molecule has 1 aliphatic heterocycles. The Labute approximate surface area is 156 Å². The molecule has 4 nitrogen and oxygen atoms in total. The summed E-state index contributed by atoms with van der Waals surface area (Å²) in [6, 6.07) is 8.05. The predicted molar refractivity (Wildman–Crippen MR) is 93.8 cm³/mol. The number of ether oxygens (including phenoxy) is 2. The minimum absolute atomic E-state index is 0.0403. The first-order valence-electron chi connectivity index (χ1n) is 9.00. The average Bonchev–Trinajstić information content (AvgIpc) is 2.65. The summed E-state index contributed by atoms with van der Waals surface area (Å²) in [5, 5.41) is 9.88. The van der Waals surface area contributed by atoms with Crippen molar-refractivity contribution >= 4 is 0 Å². The number of nitrogens with zero attached hydrogens (tertiary/aromatic N) is 1. The van der Waals surface area contributed by atoms with E-state index < -0.39 is 11.7 Å². The van der Waals surface area contributed by atoms with Gasteiger partial charge in [0.05, 0.1) is 11.7 Å². The van der Waals surface area contributed by atoms with Crippen LogP contribution >= 0.6 is 0 Å². The van der Waals surface area contributed by atoms with Gasteiger partial charge < -0.3 is 14.6 Å². The molecular weight excluding hydrogens is 359 g/mol. The van der Waals surface area contributed by atoms with Crippen LogP contribution < -0.4 is 4.74 Å². The largest absolute Gasteiger partial charge is 0.508 e. The van der Waals surface area contributed by atoms with Crippen molar-refractivity contribution in [3.63, 3.8) is 0 Å². The van der Waals surface area contributed by atoms with Crippen LogP contribution in [0.5, 0.6) is 11.6 Å². The van der Waals surface area contributed by atoms with Gasteiger partial charge >= 0.3 is 6.18 Å². The zero-order valence-corrected chi connectivity index (χ0v) is 14.8. The van der Waals surface area contributed by atoms with Gasteiger partial charge in [-0.3, -0.25) is 0 Å². The fourth-order valence-corrected chi connectivity index (χ4v) is 3.00. The molecule has 1 fully saturated rings. The highest BCUT2D eigenvalue weighted by Gasteiger charge is 2.29. The maximum Gasteiger partial charge on any atom is 0.416 e. The van der Waals surface area contributed by atoms with Gasteiger partial charge in [0.15, 0.2) is 0 Å². The van der Waals surface area contributed by atoms with Crippen LogP contribution in [0, 0.1) is 0 Å². The molecule has 7 heteroatoms. The Kier molecular flexibility index (Phi) is 6.21. The molecule has 2 heterocycles. The smallest absolute Gasteiger partial charge is 0.416 e. The van der Waals surface area contributed by atoms with Crippen molar-refractivity contribution in [3.05, 3.63) is 53.2 Å². The van der Waals surface area contributed by atoms with E-state index in [9.17, 15) is 18.3 Å². The average molecular weight is 381 g/mol. The molecule has 0 saturated carbocycles. The van der Waals surface area contributed by atoms with Crippen molar-refractivity contribution in [2.75, 3.05) is 13.2 Å². The molecule has 1 atom stereocenters. The topological polar surface area (TPSA) is 51.6 Å². The molecule has 1 unspecified atom stereocenters. The second-order valence-electron chi connectivity index (χ2n) is 6.65. The Balaban J connectivity index is 1.57. The van der Waals surface area contributed by atoms with Crippen molar-refractivity contribution in [2.24, 2.45) is 0 Å². The molecule has 0 amide bonds. The van der Waals surface area contributed by atoms with Crippen molar-refractivity contribution in [1.29, 1.82) is 0 Å². The number of aryl methyl sites for hydroxylation is 2. The van der Waals surface area contributed by atoms with E-state index in [-0.39, 0.29) is 11.9 Å². The summed E-state index contributed by atoms with van der Waals surface area (Å²) in [5.41, 5.74) is 0.725. The van der Waals surface area contributed by atoms with Crippen LogP contribution in [0.1, 0.15) is 36.1 Å². The van der Waals surface area contributed by atoms with E-state index in [0.717, 1.165) is 43.6 Å². The molecule has 146 valence electrons. The molecule has 3 rings (SSSR count). The number of aromatic hydroxyl groups is 1. The number of alkyl halides is 3. The van der Waals surface area contributed by atoms with E-state index in [1.165, 1.54) is 24.3 Å². The van der Waals surface area contributed by atoms with Gasteiger partial charge in [-0.1, -0.05) is 12.1 Å². The predicted octanol–water partition coefficient (Wildman–Crippen LogP) is 4.54. The van der Waals surface area contributed by atoms with Crippen molar-refractivity contribution in [2.45, 2.75) is 44.4 Å². The normalized spacial score (nSPS) is 17.7. The number of benzene rings is 1. The molecule has 0 spiro atoms. The molecule has 2 aromatic rings. The van der Waals surface area contributed by atoms with Crippen LogP contribution in [-0.4, -0.2) is 29.4 Å². The van der Waals surface area contributed by atoms with Crippen LogP contribution in [0.2, 0.25) is 0 Å². The second-order valence-corrected chi connectivity index (χ2v) is 6.65. The molecule has 0 bridgehead atoms. The van der Waals surface area contributed by atoms with Gasteiger partial charge in [0.2, 0.25) is 5.88 Å².